The van der Waals surface area contributed by atoms with Gasteiger partial charge in [0.2, 0.25) is 0 Å². The standard InChI is InChI=1S/C12H16Br/c13-11-7-2-1-4-8-12-9-5-3-6-10-12/h3,5,9-10H,1-2,4,7-8,11H2. The molecule has 13 heavy (non-hydrogen) atoms. The van der Waals surface area contributed by atoms with Crippen LogP contribution < -0.4 is 0 Å². The molecule has 1 radical (unpaired) electrons. The van der Waals surface area contributed by atoms with Crippen LogP contribution in [0.5, 0.6) is 0 Å². The average Bonchev–Trinajstić information content (AvgIpc) is 2.19. The predicted octanol–water partition coefficient (Wildman–Crippen LogP) is 3.98. The maximum absolute atomic E-state index is 3.44. The lowest BCUT2D eigenvalue weighted by Crippen LogP contribution is -1.85. The largest absolute Gasteiger partial charge is 0.0928 e. The van der Waals surface area contributed by atoms with Gasteiger partial charge in [0, 0.05) is 5.33 Å². The molecule has 0 aromatic heterocycles. The van der Waals surface area contributed by atoms with Crippen molar-refractivity contribution < 1.29 is 0 Å². The molecule has 0 aliphatic carbocycles. The summed E-state index contributed by atoms with van der Waals surface area (Å²) in [5, 5.41) is 1.14. The molecule has 71 valence electrons. The zero-order valence-electron chi connectivity index (χ0n) is 7.93. The van der Waals surface area contributed by atoms with Crippen molar-refractivity contribution in [1.29, 1.82) is 0 Å². The molecule has 0 fully saturated rings. The molecule has 1 heteroatoms. The first-order chi connectivity index (χ1) is 6.43. The van der Waals surface area contributed by atoms with E-state index >= 15 is 0 Å². The third-order valence-corrected chi connectivity index (χ3v) is 2.68. The minimum atomic E-state index is 1.14. The van der Waals surface area contributed by atoms with E-state index in [0.717, 1.165) is 5.33 Å². The van der Waals surface area contributed by atoms with Crippen molar-refractivity contribution in [2.45, 2.75) is 32.1 Å². The second-order valence-corrected chi connectivity index (χ2v) is 4.06. The van der Waals surface area contributed by atoms with Gasteiger partial charge in [-0.1, -0.05) is 53.0 Å². The topological polar surface area (TPSA) is 0 Å². The zero-order chi connectivity index (χ0) is 9.36. The van der Waals surface area contributed by atoms with Crippen molar-refractivity contribution >= 4 is 15.9 Å². The first-order valence-electron chi connectivity index (χ1n) is 4.94. The molecule has 0 heterocycles. The van der Waals surface area contributed by atoms with E-state index in [2.05, 4.69) is 40.2 Å². The van der Waals surface area contributed by atoms with E-state index in [9.17, 15) is 0 Å². The average molecular weight is 240 g/mol. The number of benzene rings is 1. The van der Waals surface area contributed by atoms with E-state index in [1.165, 1.54) is 37.7 Å². The fourth-order valence-corrected chi connectivity index (χ4v) is 1.76. The molecule has 0 bridgehead atoms. The van der Waals surface area contributed by atoms with Gasteiger partial charge in [0.05, 0.1) is 0 Å². The van der Waals surface area contributed by atoms with E-state index in [0.29, 0.717) is 0 Å². The second kappa shape index (κ2) is 7.14. The van der Waals surface area contributed by atoms with Gasteiger partial charge in [-0.05, 0) is 30.9 Å². The Labute approximate surface area is 89.5 Å². The highest BCUT2D eigenvalue weighted by molar-refractivity contribution is 9.09. The molecule has 0 unspecified atom stereocenters. The van der Waals surface area contributed by atoms with Gasteiger partial charge in [-0.2, -0.15) is 0 Å². The molecule has 0 saturated carbocycles. The number of aryl methyl sites for hydroxylation is 1. The van der Waals surface area contributed by atoms with Gasteiger partial charge in [0.25, 0.3) is 0 Å². The zero-order valence-corrected chi connectivity index (χ0v) is 9.52. The third-order valence-electron chi connectivity index (χ3n) is 2.12. The summed E-state index contributed by atoms with van der Waals surface area (Å²) < 4.78 is 0. The maximum Gasteiger partial charge on any atom is 0.00313 e. The monoisotopic (exact) mass is 239 g/mol. The first kappa shape index (κ1) is 10.8. The number of unbranched alkanes of at least 4 members (excludes halogenated alkanes) is 3. The van der Waals surface area contributed by atoms with Crippen LogP contribution in [0.15, 0.2) is 24.3 Å². The summed E-state index contributed by atoms with van der Waals surface area (Å²) in [6.45, 7) is 0. The van der Waals surface area contributed by atoms with Gasteiger partial charge in [0.1, 0.15) is 0 Å². The molecule has 1 aromatic rings. The van der Waals surface area contributed by atoms with Crippen LogP contribution >= 0.6 is 15.9 Å². The summed E-state index contributed by atoms with van der Waals surface area (Å²) in [6.07, 6.45) is 6.52. The van der Waals surface area contributed by atoms with E-state index < -0.39 is 0 Å². The van der Waals surface area contributed by atoms with Crippen molar-refractivity contribution in [2.24, 2.45) is 0 Å². The van der Waals surface area contributed by atoms with Crippen molar-refractivity contribution in [3.05, 3.63) is 35.9 Å². The molecule has 1 rings (SSSR count). The number of hydrogen-bond acceptors (Lipinski definition) is 0. The van der Waals surface area contributed by atoms with Crippen LogP contribution in [-0.4, -0.2) is 5.33 Å². The lowest BCUT2D eigenvalue weighted by atomic mass is 10.1. The van der Waals surface area contributed by atoms with Crippen molar-refractivity contribution in [3.63, 3.8) is 0 Å². The fraction of sp³-hybridized carbons (Fsp3) is 0.500. The number of halogens is 1. The SMILES string of the molecule is BrCCCCCCc1c[c]ccc1. The molecule has 0 nitrogen and oxygen atoms in total. The van der Waals surface area contributed by atoms with Crippen LogP contribution in [0.3, 0.4) is 0 Å². The molecule has 0 aliphatic heterocycles. The Balaban J connectivity index is 2.07. The molecule has 0 amide bonds. The molecule has 0 N–H and O–H groups in total. The van der Waals surface area contributed by atoms with Crippen LogP contribution in [0.4, 0.5) is 0 Å². The van der Waals surface area contributed by atoms with Crippen molar-refractivity contribution in [3.8, 4) is 0 Å². The minimum Gasteiger partial charge on any atom is -0.0928 e. The maximum atomic E-state index is 3.44. The highest BCUT2D eigenvalue weighted by atomic mass is 79.9. The highest BCUT2D eigenvalue weighted by Gasteiger charge is 1.92. The number of rotatable bonds is 6. The molecule has 0 spiro atoms. The Morgan fingerprint density at radius 3 is 2.69 bits per heavy atom. The van der Waals surface area contributed by atoms with Gasteiger partial charge in [-0.15, -0.1) is 0 Å². The molecule has 0 atom stereocenters. The van der Waals surface area contributed by atoms with Gasteiger partial charge in [-0.25, -0.2) is 0 Å². The van der Waals surface area contributed by atoms with Crippen LogP contribution in [0.25, 0.3) is 0 Å². The summed E-state index contributed by atoms with van der Waals surface area (Å²) in [4.78, 5) is 0. The van der Waals surface area contributed by atoms with Gasteiger partial charge >= 0.3 is 0 Å². The number of alkyl halides is 1. The highest BCUT2D eigenvalue weighted by Crippen LogP contribution is 2.07. The lowest BCUT2D eigenvalue weighted by molar-refractivity contribution is 0.671. The molecule has 1 aromatic carbocycles. The summed E-state index contributed by atoms with van der Waals surface area (Å²) >= 11 is 3.44. The fourth-order valence-electron chi connectivity index (χ4n) is 1.36. The van der Waals surface area contributed by atoms with E-state index in [4.69, 9.17) is 0 Å². The normalized spacial score (nSPS) is 10.2. The summed E-state index contributed by atoms with van der Waals surface area (Å²) in [5.41, 5.74) is 1.42. The Hall–Kier alpha value is -0.300. The van der Waals surface area contributed by atoms with Crippen molar-refractivity contribution in [1.82, 2.24) is 0 Å². The quantitative estimate of drug-likeness (QED) is 0.521. The number of hydrogen-bond donors (Lipinski definition) is 0. The molecule has 0 aliphatic rings. The van der Waals surface area contributed by atoms with Crippen LogP contribution in [0.1, 0.15) is 31.2 Å². The molecular formula is C12H16Br. The summed E-state index contributed by atoms with van der Waals surface area (Å²) in [5.74, 6) is 0. The predicted molar refractivity (Wildman–Crippen MR) is 61.2 cm³/mol. The summed E-state index contributed by atoms with van der Waals surface area (Å²) in [7, 11) is 0. The third kappa shape index (κ3) is 5.09. The van der Waals surface area contributed by atoms with Crippen LogP contribution in [0.2, 0.25) is 0 Å². The van der Waals surface area contributed by atoms with E-state index in [1.54, 1.807) is 0 Å². The Kier molecular flexibility index (Phi) is 5.92. The van der Waals surface area contributed by atoms with Gasteiger partial charge in [-0.3, -0.25) is 0 Å². The first-order valence-corrected chi connectivity index (χ1v) is 6.06. The van der Waals surface area contributed by atoms with E-state index in [-0.39, 0.29) is 0 Å². The Morgan fingerprint density at radius 2 is 2.00 bits per heavy atom. The van der Waals surface area contributed by atoms with Gasteiger partial charge in [0.15, 0.2) is 0 Å². The van der Waals surface area contributed by atoms with E-state index in [1.807, 2.05) is 6.07 Å². The Morgan fingerprint density at radius 1 is 1.15 bits per heavy atom. The lowest BCUT2D eigenvalue weighted by Gasteiger charge is -2.00. The summed E-state index contributed by atoms with van der Waals surface area (Å²) in [6, 6.07) is 11.4. The Bertz CT molecular complexity index is 206. The second-order valence-electron chi connectivity index (χ2n) is 3.26. The van der Waals surface area contributed by atoms with Crippen LogP contribution in [0, 0.1) is 6.07 Å². The van der Waals surface area contributed by atoms with Crippen LogP contribution in [-0.2, 0) is 6.42 Å². The minimum absolute atomic E-state index is 1.14. The molecule has 0 saturated heterocycles. The smallest absolute Gasteiger partial charge is 0.00313 e. The van der Waals surface area contributed by atoms with Gasteiger partial charge < -0.3 is 0 Å². The van der Waals surface area contributed by atoms with Crippen molar-refractivity contribution in [2.75, 3.05) is 5.33 Å². The molecular weight excluding hydrogens is 224 g/mol.